The maximum absolute atomic E-state index is 4.49. The lowest BCUT2D eigenvalue weighted by molar-refractivity contribution is 1.13. The summed E-state index contributed by atoms with van der Waals surface area (Å²) in [6, 6.07) is 2.07. The van der Waals surface area contributed by atoms with Crippen molar-refractivity contribution < 1.29 is 0 Å². The van der Waals surface area contributed by atoms with Crippen LogP contribution in [0.4, 0.5) is 0 Å². The first kappa shape index (κ1) is 9.06. The van der Waals surface area contributed by atoms with Gasteiger partial charge in [0.05, 0.1) is 16.8 Å². The van der Waals surface area contributed by atoms with Gasteiger partial charge in [0.2, 0.25) is 0 Å². The number of aromatic nitrogens is 3. The van der Waals surface area contributed by atoms with E-state index in [-0.39, 0.29) is 0 Å². The maximum atomic E-state index is 4.49. The van der Waals surface area contributed by atoms with Crippen molar-refractivity contribution in [3.63, 3.8) is 0 Å². The second-order valence-electron chi connectivity index (χ2n) is 3.10. The van der Waals surface area contributed by atoms with E-state index in [4.69, 9.17) is 0 Å². The van der Waals surface area contributed by atoms with Gasteiger partial charge in [0.25, 0.3) is 0 Å². The fourth-order valence-corrected chi connectivity index (χ4v) is 2.79. The predicted octanol–water partition coefficient (Wildman–Crippen LogP) is 3.22. The van der Waals surface area contributed by atoms with Crippen LogP contribution in [0.1, 0.15) is 0 Å². The minimum absolute atomic E-state index is 0.872. The molecular weight excluding hydrogens is 274 g/mol. The number of rotatable bonds is 1. The summed E-state index contributed by atoms with van der Waals surface area (Å²) in [4.78, 5) is 9.68. The van der Waals surface area contributed by atoms with Crippen LogP contribution in [0.5, 0.6) is 0 Å². The Kier molecular flexibility index (Phi) is 2.07. The molecule has 0 bridgehead atoms. The molecule has 0 atom stereocenters. The first-order valence-corrected chi connectivity index (χ1v) is 6.03. The topological polar surface area (TPSA) is 30.2 Å². The van der Waals surface area contributed by atoms with Gasteiger partial charge in [0.1, 0.15) is 0 Å². The summed E-state index contributed by atoms with van der Waals surface area (Å²) in [6.45, 7) is 0. The number of halogens is 1. The zero-order valence-corrected chi connectivity index (χ0v) is 9.99. The van der Waals surface area contributed by atoms with Crippen LogP contribution >= 0.6 is 27.3 Å². The fraction of sp³-hybridized carbons (Fsp3) is 0. The highest BCUT2D eigenvalue weighted by molar-refractivity contribution is 9.10. The molecule has 3 nitrogen and oxygen atoms in total. The summed E-state index contributed by atoms with van der Waals surface area (Å²) in [5, 5.41) is 2.05. The second-order valence-corrected chi connectivity index (χ2v) is 4.92. The summed E-state index contributed by atoms with van der Waals surface area (Å²) in [7, 11) is 0. The number of hydrogen-bond donors (Lipinski definition) is 0. The SMILES string of the molecule is Brc1csc(-c2cn3ccncc3n2)c1. The Morgan fingerprint density at radius 3 is 3.07 bits per heavy atom. The molecule has 0 aliphatic heterocycles. The molecule has 0 unspecified atom stereocenters. The molecule has 0 aromatic carbocycles. The third kappa shape index (κ3) is 1.57. The lowest BCUT2D eigenvalue weighted by Gasteiger charge is -1.86. The molecule has 0 spiro atoms. The largest absolute Gasteiger partial charge is 0.304 e. The van der Waals surface area contributed by atoms with Crippen LogP contribution in [-0.4, -0.2) is 14.4 Å². The van der Waals surface area contributed by atoms with Crippen molar-refractivity contribution in [2.24, 2.45) is 0 Å². The third-order valence-electron chi connectivity index (χ3n) is 2.08. The molecule has 0 saturated carbocycles. The normalized spacial score (nSPS) is 11.0. The lowest BCUT2D eigenvalue weighted by Crippen LogP contribution is -1.81. The highest BCUT2D eigenvalue weighted by Gasteiger charge is 2.05. The molecule has 0 fully saturated rings. The molecule has 0 radical (unpaired) electrons. The van der Waals surface area contributed by atoms with Gasteiger partial charge in [-0.25, -0.2) is 4.98 Å². The third-order valence-corrected chi connectivity index (χ3v) is 3.80. The van der Waals surface area contributed by atoms with Gasteiger partial charge in [-0.1, -0.05) is 0 Å². The first-order valence-electron chi connectivity index (χ1n) is 4.36. The molecule has 0 N–H and O–H groups in total. The minimum atomic E-state index is 0.872. The number of imidazole rings is 1. The molecule has 3 aromatic rings. The van der Waals surface area contributed by atoms with E-state index in [1.165, 1.54) is 0 Å². The molecule has 0 aliphatic rings. The molecule has 74 valence electrons. The highest BCUT2D eigenvalue weighted by atomic mass is 79.9. The maximum Gasteiger partial charge on any atom is 0.156 e. The molecule has 15 heavy (non-hydrogen) atoms. The Hall–Kier alpha value is -1.20. The molecule has 5 heteroatoms. The fourth-order valence-electron chi connectivity index (χ4n) is 1.41. The first-order chi connectivity index (χ1) is 7.33. The van der Waals surface area contributed by atoms with Crippen LogP contribution in [-0.2, 0) is 0 Å². The van der Waals surface area contributed by atoms with Gasteiger partial charge in [-0.3, -0.25) is 4.98 Å². The van der Waals surface area contributed by atoms with Gasteiger partial charge in [-0.05, 0) is 22.0 Å². The molecule has 3 heterocycles. The smallest absolute Gasteiger partial charge is 0.156 e. The van der Waals surface area contributed by atoms with Crippen molar-refractivity contribution >= 4 is 32.9 Å². The van der Waals surface area contributed by atoms with Gasteiger partial charge in [0, 0.05) is 28.4 Å². The summed E-state index contributed by atoms with van der Waals surface area (Å²) in [5.41, 5.74) is 1.86. The van der Waals surface area contributed by atoms with Crippen LogP contribution in [0, 0.1) is 0 Å². The Balaban J connectivity index is 2.19. The average molecular weight is 280 g/mol. The van der Waals surface area contributed by atoms with Crippen molar-refractivity contribution in [2.45, 2.75) is 0 Å². The van der Waals surface area contributed by atoms with Gasteiger partial charge in [0.15, 0.2) is 5.65 Å². The second kappa shape index (κ2) is 3.43. The predicted molar refractivity (Wildman–Crippen MR) is 64.0 cm³/mol. The molecule has 0 saturated heterocycles. The molecule has 3 rings (SSSR count). The Morgan fingerprint density at radius 2 is 2.33 bits per heavy atom. The van der Waals surface area contributed by atoms with E-state index in [0.29, 0.717) is 0 Å². The van der Waals surface area contributed by atoms with E-state index in [0.717, 1.165) is 20.7 Å². The van der Waals surface area contributed by atoms with Crippen molar-refractivity contribution in [2.75, 3.05) is 0 Å². The highest BCUT2D eigenvalue weighted by Crippen LogP contribution is 2.29. The van der Waals surface area contributed by atoms with E-state index in [2.05, 4.69) is 37.3 Å². The Labute approximate surface area is 98.6 Å². The average Bonchev–Trinajstić information content (AvgIpc) is 2.82. The summed E-state index contributed by atoms with van der Waals surface area (Å²) in [6.07, 6.45) is 7.42. The lowest BCUT2D eigenvalue weighted by atomic mass is 10.4. The Bertz CT molecular complexity index is 581. The van der Waals surface area contributed by atoms with Gasteiger partial charge < -0.3 is 4.40 Å². The monoisotopic (exact) mass is 279 g/mol. The number of nitrogens with zero attached hydrogens (tertiary/aromatic N) is 3. The van der Waals surface area contributed by atoms with Gasteiger partial charge >= 0.3 is 0 Å². The van der Waals surface area contributed by atoms with E-state index >= 15 is 0 Å². The summed E-state index contributed by atoms with van der Waals surface area (Å²) >= 11 is 5.11. The standard InChI is InChI=1S/C10H6BrN3S/c11-7-3-9(15-6-7)8-5-14-2-1-12-4-10(14)13-8/h1-6H. The van der Waals surface area contributed by atoms with Crippen LogP contribution in [0.3, 0.4) is 0 Å². The molecular formula is C10H6BrN3S. The molecule has 0 amide bonds. The number of fused-ring (bicyclic) bond motifs is 1. The van der Waals surface area contributed by atoms with E-state index in [9.17, 15) is 0 Å². The van der Waals surface area contributed by atoms with E-state index in [1.54, 1.807) is 23.7 Å². The number of thiophene rings is 1. The quantitative estimate of drug-likeness (QED) is 0.685. The van der Waals surface area contributed by atoms with Crippen LogP contribution in [0.2, 0.25) is 0 Å². The van der Waals surface area contributed by atoms with Crippen molar-refractivity contribution in [3.05, 3.63) is 40.7 Å². The van der Waals surface area contributed by atoms with Crippen molar-refractivity contribution in [3.8, 4) is 10.6 Å². The Morgan fingerprint density at radius 1 is 1.40 bits per heavy atom. The molecule has 0 aliphatic carbocycles. The minimum Gasteiger partial charge on any atom is -0.304 e. The van der Waals surface area contributed by atoms with Crippen molar-refractivity contribution in [1.29, 1.82) is 0 Å². The zero-order valence-electron chi connectivity index (χ0n) is 7.59. The van der Waals surface area contributed by atoms with E-state index < -0.39 is 0 Å². The van der Waals surface area contributed by atoms with Crippen LogP contribution in [0.15, 0.2) is 40.7 Å². The van der Waals surface area contributed by atoms with Crippen LogP contribution in [0.25, 0.3) is 16.2 Å². The van der Waals surface area contributed by atoms with Gasteiger partial charge in [-0.15, -0.1) is 11.3 Å². The van der Waals surface area contributed by atoms with Gasteiger partial charge in [-0.2, -0.15) is 0 Å². The van der Waals surface area contributed by atoms with Crippen molar-refractivity contribution in [1.82, 2.24) is 14.4 Å². The van der Waals surface area contributed by atoms with E-state index in [1.807, 2.05) is 16.8 Å². The zero-order chi connectivity index (χ0) is 10.3. The molecule has 3 aromatic heterocycles. The van der Waals surface area contributed by atoms with Crippen LogP contribution < -0.4 is 0 Å². The summed E-state index contributed by atoms with van der Waals surface area (Å²) in [5.74, 6) is 0. The number of hydrogen-bond acceptors (Lipinski definition) is 3. The summed E-state index contributed by atoms with van der Waals surface area (Å²) < 4.78 is 3.06.